The Labute approximate surface area is 679 Å². The smallest absolute Gasteiger partial charge is 0.0468 e. The molecule has 0 atom stereocenters. The molecule has 0 saturated heterocycles. The van der Waals surface area contributed by atoms with Gasteiger partial charge in [0.1, 0.15) is 0 Å². The number of benzene rings is 13. The summed E-state index contributed by atoms with van der Waals surface area (Å²) in [4.78, 5) is 5.59. The molecule has 0 amide bonds. The molecule has 16 bridgehead atoms. The van der Waals surface area contributed by atoms with Crippen molar-refractivity contribution in [3.63, 3.8) is 0 Å². The Balaban J connectivity index is 0.706. The summed E-state index contributed by atoms with van der Waals surface area (Å²) in [7, 11) is 0. The Hall–Kier alpha value is -9.06. The van der Waals surface area contributed by atoms with Crippen LogP contribution in [0.3, 0.4) is 0 Å². The molecular weight excluding hydrogens is 1410 g/mol. The molecule has 16 fully saturated rings. The molecule has 15 aromatic rings. The van der Waals surface area contributed by atoms with Crippen molar-refractivity contribution in [2.45, 2.75) is 176 Å². The van der Waals surface area contributed by atoms with E-state index in [9.17, 15) is 0 Å². The highest BCUT2D eigenvalue weighted by Crippen LogP contribution is 2.68. The van der Waals surface area contributed by atoms with Crippen LogP contribution in [0, 0.1) is 71.0 Å². The zero-order valence-electron chi connectivity index (χ0n) is 65.7. The summed E-state index contributed by atoms with van der Waals surface area (Å²) in [6.07, 6.45) is 33.8. The van der Waals surface area contributed by atoms with E-state index >= 15 is 0 Å². The summed E-state index contributed by atoms with van der Waals surface area (Å²) in [5.41, 5.74) is 20.5. The summed E-state index contributed by atoms with van der Waals surface area (Å²) in [6.45, 7) is 0. The van der Waals surface area contributed by atoms with Gasteiger partial charge >= 0.3 is 0 Å². The first kappa shape index (κ1) is 66.1. The average Bonchev–Trinajstić information content (AvgIpc) is 0.895. The highest BCUT2D eigenvalue weighted by Gasteiger charge is 2.57. The van der Waals surface area contributed by atoms with Gasteiger partial charge in [0.2, 0.25) is 0 Å². The second-order valence-corrected chi connectivity index (χ2v) is 42.9. The number of rotatable bonds is 12. The van der Waals surface area contributed by atoms with Gasteiger partial charge in [-0.1, -0.05) is 158 Å². The minimum absolute atomic E-state index is 0.234. The van der Waals surface area contributed by atoms with E-state index in [4.69, 9.17) is 0 Å². The van der Waals surface area contributed by atoms with Gasteiger partial charge < -0.3 is 9.80 Å². The number of hydrogen-bond donors (Lipinski definition) is 0. The maximum absolute atomic E-state index is 2.90. The van der Waals surface area contributed by atoms with Gasteiger partial charge in [-0.25, -0.2) is 0 Å². The largest absolute Gasteiger partial charge is 0.310 e. The van der Waals surface area contributed by atoms with Gasteiger partial charge in [0.05, 0.1) is 0 Å². The first-order chi connectivity index (χ1) is 56.1. The Morgan fingerprint density at radius 1 is 0.211 bits per heavy atom. The van der Waals surface area contributed by atoms with Crippen LogP contribution in [0.2, 0.25) is 0 Å². The van der Waals surface area contributed by atoms with Gasteiger partial charge in [-0.15, -0.1) is 22.7 Å². The minimum Gasteiger partial charge on any atom is -0.310 e. The zero-order valence-corrected chi connectivity index (χ0v) is 67.3. The fraction of sp³-hybridized carbons (Fsp3) is 0.364. The van der Waals surface area contributed by atoms with E-state index in [1.807, 2.05) is 22.7 Å². The first-order valence-electron chi connectivity index (χ1n) is 44.8. The molecule has 0 unspecified atom stereocenters. The maximum atomic E-state index is 2.90. The van der Waals surface area contributed by atoms with E-state index in [0.29, 0.717) is 0 Å². The third kappa shape index (κ3) is 10.0. The van der Waals surface area contributed by atoms with Crippen LogP contribution >= 0.6 is 22.7 Å². The van der Waals surface area contributed by atoms with Gasteiger partial charge in [-0.2, -0.15) is 0 Å². The van der Waals surface area contributed by atoms with E-state index in [-0.39, 0.29) is 21.7 Å². The molecule has 31 rings (SSSR count). The van der Waals surface area contributed by atoms with E-state index in [0.717, 1.165) is 71.0 Å². The molecule has 2 heterocycles. The number of fused-ring (bicyclic) bond motifs is 12. The van der Waals surface area contributed by atoms with Crippen molar-refractivity contribution in [2.75, 3.05) is 9.80 Å². The van der Waals surface area contributed by atoms with Crippen LogP contribution in [0.15, 0.2) is 243 Å². The second kappa shape index (κ2) is 24.3. The summed E-state index contributed by atoms with van der Waals surface area (Å²) < 4.78 is 5.50. The molecule has 0 radical (unpaired) electrons. The minimum atomic E-state index is 0.234. The quantitative estimate of drug-likeness (QED) is 0.113. The summed E-state index contributed by atoms with van der Waals surface area (Å²) >= 11 is 3.95. The van der Waals surface area contributed by atoms with Gasteiger partial charge in [0.15, 0.2) is 0 Å². The molecule has 4 heteroatoms. The van der Waals surface area contributed by atoms with Gasteiger partial charge in [0.25, 0.3) is 0 Å². The third-order valence-corrected chi connectivity index (χ3v) is 36.3. The molecule has 2 aromatic heterocycles. The van der Waals surface area contributed by atoms with E-state index in [2.05, 4.69) is 252 Å². The second-order valence-electron chi connectivity index (χ2n) is 40.8. The lowest BCUT2D eigenvalue weighted by atomic mass is 9.46. The average molecular weight is 1510 g/mol. The van der Waals surface area contributed by atoms with Crippen molar-refractivity contribution in [3.05, 3.63) is 265 Å². The maximum Gasteiger partial charge on any atom is 0.0468 e. The van der Waals surface area contributed by atoms with Crippen LogP contribution in [-0.4, -0.2) is 0 Å². The fourth-order valence-corrected chi connectivity index (χ4v) is 33.5. The molecular formula is C110H100N2S2. The number of hydrogen-bond acceptors (Lipinski definition) is 4. The van der Waals surface area contributed by atoms with Crippen LogP contribution in [-0.2, 0) is 21.7 Å². The predicted octanol–water partition coefficient (Wildman–Crippen LogP) is 31.2. The summed E-state index contributed by atoms with van der Waals surface area (Å²) in [6, 6.07) is 99.0. The van der Waals surface area contributed by atoms with E-state index in [1.165, 1.54) is 294 Å². The molecule has 562 valence electrons. The Morgan fingerprint density at radius 3 is 0.798 bits per heavy atom. The van der Waals surface area contributed by atoms with Crippen LogP contribution in [0.25, 0.3) is 106 Å². The van der Waals surface area contributed by atoms with E-state index < -0.39 is 0 Å². The fourth-order valence-electron chi connectivity index (χ4n) is 31.0. The molecule has 2 nitrogen and oxygen atoms in total. The molecule has 0 spiro atoms. The van der Waals surface area contributed by atoms with Crippen LogP contribution in [0.4, 0.5) is 34.1 Å². The van der Waals surface area contributed by atoms with Crippen LogP contribution < -0.4 is 9.80 Å². The topological polar surface area (TPSA) is 6.48 Å². The van der Waals surface area contributed by atoms with E-state index in [1.54, 1.807) is 22.3 Å². The molecule has 114 heavy (non-hydrogen) atoms. The predicted molar refractivity (Wildman–Crippen MR) is 482 cm³/mol. The molecule has 16 saturated carbocycles. The molecule has 13 aromatic carbocycles. The van der Waals surface area contributed by atoms with Gasteiger partial charge in [0, 0.05) is 74.5 Å². The van der Waals surface area contributed by atoms with Gasteiger partial charge in [-0.05, 0) is 419 Å². The zero-order chi connectivity index (χ0) is 74.1. The molecule has 16 aliphatic carbocycles. The van der Waals surface area contributed by atoms with Gasteiger partial charge in [-0.3, -0.25) is 0 Å². The van der Waals surface area contributed by atoms with Crippen molar-refractivity contribution in [3.8, 4) is 22.3 Å². The molecule has 16 aliphatic rings. The third-order valence-electron chi connectivity index (χ3n) is 33.9. The highest BCUT2D eigenvalue weighted by molar-refractivity contribution is 7.27. The van der Waals surface area contributed by atoms with Crippen molar-refractivity contribution in [1.29, 1.82) is 0 Å². The van der Waals surface area contributed by atoms with Crippen molar-refractivity contribution in [1.82, 2.24) is 0 Å². The lowest BCUT2D eigenvalue weighted by Crippen LogP contribution is -2.50. The highest BCUT2D eigenvalue weighted by atomic mass is 32.1. The lowest BCUT2D eigenvalue weighted by Gasteiger charge is -2.58. The monoisotopic (exact) mass is 1510 g/mol. The van der Waals surface area contributed by atoms with Crippen molar-refractivity contribution < 1.29 is 0 Å². The summed E-state index contributed by atoms with van der Waals surface area (Å²) in [5, 5.41) is 16.0. The van der Waals surface area contributed by atoms with Crippen molar-refractivity contribution >= 4 is 140 Å². The van der Waals surface area contributed by atoms with Crippen LogP contribution in [0.5, 0.6) is 0 Å². The lowest BCUT2D eigenvalue weighted by molar-refractivity contribution is -0.00856. The Bertz CT molecular complexity index is 5900. The summed E-state index contributed by atoms with van der Waals surface area (Å²) in [5.74, 6) is 10.3. The van der Waals surface area contributed by atoms with Crippen LogP contribution in [0.1, 0.15) is 176 Å². The Morgan fingerprint density at radius 2 is 0.482 bits per heavy atom. The first-order valence-corrected chi connectivity index (χ1v) is 46.4. The standard InChI is InChI=1S/C110H100N2S2/c1-3-13-79(14-4-1)103-93-27-21-86(112(88-24-30-102-98(50-88)96-26-20-78-12-8-10-18-92(78)106(96)114-102)90-47-83(109-59-71-37-72(60-109)39-73(38-71)61-109)44-84(48-90)110-62-74-40-75(63-110)42-76(41-74)64-110)52-100(93)104(80-15-5-2-6-16-80)94-28-22-85(51-99(94)103)111(87-23-29-101-97(49-87)95-25-19-77-11-7-9-17-91(77)105(95)113-101)89-45-81(107-53-65-31-66(54-107)33-67(32-65)55-107)43-82(46-89)108-56-68-34-69(57-108)36-70(35-68)58-108/h1-30,43-52,65-76H,31-42,53-64H2. The van der Waals surface area contributed by atoms with Crippen molar-refractivity contribution in [2.24, 2.45) is 71.0 Å². The number of thiophene rings is 2. The SMILES string of the molecule is c1ccc(-c2c3ccc(N(c4cc(C56CC7CC(CC(C7)C5)C6)cc(C56CC7CC(CC(C7)C5)C6)c4)c4ccc5sc6c7ccccc7ccc6c5c4)cc3c(-c3ccccc3)c3ccc(N(c4cc(C56CC7CC(CC(C7)C5)C6)cc(C56CC7CC(CC(C7)C5)C6)c4)c4ccc5sc6c7ccccc7ccc6c5c4)cc23)cc1. The molecule has 0 aliphatic heterocycles. The number of anilines is 6. The Kier molecular flexibility index (Phi) is 14.1. The molecule has 0 N–H and O–H groups in total. The normalized spacial score (nSPS) is 31.2. The number of nitrogens with zero attached hydrogens (tertiary/aromatic N) is 2.